The zero-order chi connectivity index (χ0) is 21.0. The van der Waals surface area contributed by atoms with E-state index in [-0.39, 0.29) is 6.10 Å². The van der Waals surface area contributed by atoms with E-state index in [1.54, 1.807) is 5.57 Å². The van der Waals surface area contributed by atoms with Crippen LogP contribution in [0.4, 0.5) is 0 Å². The third kappa shape index (κ3) is 3.58. The van der Waals surface area contributed by atoms with Crippen LogP contribution in [-0.4, -0.2) is 11.2 Å². The number of hydrogen-bond acceptors (Lipinski definition) is 1. The third-order valence-corrected chi connectivity index (χ3v) is 10.6. The first-order chi connectivity index (χ1) is 13.7. The molecule has 29 heavy (non-hydrogen) atoms. The third-order valence-electron chi connectivity index (χ3n) is 10.6. The van der Waals surface area contributed by atoms with Crippen LogP contribution < -0.4 is 0 Å². The molecule has 0 aliphatic heterocycles. The molecule has 1 N–H and O–H groups in total. The lowest BCUT2D eigenvalue weighted by Crippen LogP contribution is -2.50. The van der Waals surface area contributed by atoms with Gasteiger partial charge >= 0.3 is 0 Å². The van der Waals surface area contributed by atoms with Crippen LogP contribution in [0.15, 0.2) is 23.8 Å². The van der Waals surface area contributed by atoms with Gasteiger partial charge in [-0.25, -0.2) is 0 Å². The molecule has 4 aliphatic rings. The predicted molar refractivity (Wildman–Crippen MR) is 124 cm³/mol. The monoisotopic (exact) mass is 398 g/mol. The lowest BCUT2D eigenvalue weighted by molar-refractivity contribution is -0.0540. The number of hydrogen-bond donors (Lipinski definition) is 1. The number of rotatable bonds is 4. The Bertz CT molecular complexity index is 659. The summed E-state index contributed by atoms with van der Waals surface area (Å²) in [6.07, 6.45) is 17.7. The van der Waals surface area contributed by atoms with Gasteiger partial charge in [0.25, 0.3) is 0 Å². The largest absolute Gasteiger partial charge is 0.393 e. The SMILES string of the molecule is CC(C)[C@H](C)/C=C/[C@@H](C)C1CCC2C3CC=C4C[C@@H](O)CC[C@]4(C)C3CC[C@@]21C. The first-order valence-corrected chi connectivity index (χ1v) is 12.7. The van der Waals surface area contributed by atoms with Gasteiger partial charge in [-0.3, -0.25) is 0 Å². The lowest BCUT2D eigenvalue weighted by atomic mass is 9.47. The molecule has 164 valence electrons. The van der Waals surface area contributed by atoms with Crippen molar-refractivity contribution in [3.05, 3.63) is 23.8 Å². The van der Waals surface area contributed by atoms with Crippen LogP contribution in [0.5, 0.6) is 0 Å². The van der Waals surface area contributed by atoms with Crippen molar-refractivity contribution >= 4 is 0 Å². The molecule has 0 amide bonds. The van der Waals surface area contributed by atoms with E-state index in [1.807, 2.05) is 0 Å². The van der Waals surface area contributed by atoms with Crippen LogP contribution in [0.25, 0.3) is 0 Å². The molecular weight excluding hydrogens is 352 g/mol. The summed E-state index contributed by atoms with van der Waals surface area (Å²) in [4.78, 5) is 0. The van der Waals surface area contributed by atoms with E-state index in [9.17, 15) is 5.11 Å². The molecule has 3 saturated carbocycles. The highest BCUT2D eigenvalue weighted by Gasteiger charge is 2.58. The van der Waals surface area contributed by atoms with Gasteiger partial charge in [0.2, 0.25) is 0 Å². The molecule has 9 atom stereocenters. The average molecular weight is 399 g/mol. The number of allylic oxidation sites excluding steroid dienone is 3. The summed E-state index contributed by atoms with van der Waals surface area (Å²) in [5.74, 6) is 5.63. The molecule has 0 aromatic carbocycles. The molecule has 4 unspecified atom stereocenters. The second-order valence-electron chi connectivity index (χ2n) is 12.2. The van der Waals surface area contributed by atoms with Crippen molar-refractivity contribution in [3.63, 3.8) is 0 Å². The van der Waals surface area contributed by atoms with Crippen molar-refractivity contribution in [1.29, 1.82) is 0 Å². The molecule has 0 saturated heterocycles. The molecule has 1 nitrogen and oxygen atoms in total. The second kappa shape index (κ2) is 7.85. The predicted octanol–water partition coefficient (Wildman–Crippen LogP) is 7.41. The van der Waals surface area contributed by atoms with Crippen LogP contribution in [0.1, 0.15) is 92.9 Å². The lowest BCUT2D eigenvalue weighted by Gasteiger charge is -2.58. The Morgan fingerprint density at radius 2 is 1.72 bits per heavy atom. The Kier molecular flexibility index (Phi) is 5.86. The second-order valence-corrected chi connectivity index (χ2v) is 12.2. The number of aliphatic hydroxyl groups excluding tert-OH is 1. The molecule has 1 heteroatoms. The smallest absolute Gasteiger partial charge is 0.0577 e. The maximum Gasteiger partial charge on any atom is 0.0577 e. The Labute approximate surface area is 180 Å². The summed E-state index contributed by atoms with van der Waals surface area (Å²) in [5.41, 5.74) is 2.51. The Hall–Kier alpha value is -0.560. The molecular formula is C28H46O. The topological polar surface area (TPSA) is 20.2 Å². The van der Waals surface area contributed by atoms with Crippen molar-refractivity contribution in [3.8, 4) is 0 Å². The summed E-state index contributed by atoms with van der Waals surface area (Å²) < 4.78 is 0. The van der Waals surface area contributed by atoms with Crippen LogP contribution in [-0.2, 0) is 0 Å². The highest BCUT2D eigenvalue weighted by Crippen LogP contribution is 2.67. The summed E-state index contributed by atoms with van der Waals surface area (Å²) in [7, 11) is 0. The molecule has 3 fully saturated rings. The summed E-state index contributed by atoms with van der Waals surface area (Å²) in [6.45, 7) is 14.7. The fourth-order valence-electron chi connectivity index (χ4n) is 8.25. The van der Waals surface area contributed by atoms with Crippen molar-refractivity contribution in [2.45, 2.75) is 99.0 Å². The maximum atomic E-state index is 10.2. The van der Waals surface area contributed by atoms with Gasteiger partial charge in [0.15, 0.2) is 0 Å². The molecule has 0 radical (unpaired) electrons. The van der Waals surface area contributed by atoms with Crippen LogP contribution in [0.2, 0.25) is 0 Å². The molecule has 0 aromatic rings. The Balaban J connectivity index is 1.53. The fourth-order valence-corrected chi connectivity index (χ4v) is 8.25. The summed E-state index contributed by atoms with van der Waals surface area (Å²) in [6, 6.07) is 0. The minimum atomic E-state index is -0.0866. The quantitative estimate of drug-likeness (QED) is 0.489. The number of fused-ring (bicyclic) bond motifs is 5. The highest BCUT2D eigenvalue weighted by atomic mass is 16.3. The van der Waals surface area contributed by atoms with E-state index in [0.29, 0.717) is 22.7 Å². The molecule has 0 bridgehead atoms. The Morgan fingerprint density at radius 3 is 2.45 bits per heavy atom. The van der Waals surface area contributed by atoms with E-state index in [4.69, 9.17) is 0 Å². The zero-order valence-corrected chi connectivity index (χ0v) is 20.0. The van der Waals surface area contributed by atoms with Crippen LogP contribution in [0.3, 0.4) is 0 Å². The molecule has 0 aromatic heterocycles. The molecule has 4 aliphatic carbocycles. The van der Waals surface area contributed by atoms with Gasteiger partial charge < -0.3 is 5.11 Å². The van der Waals surface area contributed by atoms with Crippen LogP contribution >= 0.6 is 0 Å². The first-order valence-electron chi connectivity index (χ1n) is 12.7. The van der Waals surface area contributed by atoms with Gasteiger partial charge in [0, 0.05) is 0 Å². The Morgan fingerprint density at radius 1 is 0.966 bits per heavy atom. The summed E-state index contributed by atoms with van der Waals surface area (Å²) in [5, 5.41) is 10.2. The highest BCUT2D eigenvalue weighted by molar-refractivity contribution is 5.25. The van der Waals surface area contributed by atoms with E-state index in [0.717, 1.165) is 42.4 Å². The van der Waals surface area contributed by atoms with E-state index >= 15 is 0 Å². The van der Waals surface area contributed by atoms with Crippen molar-refractivity contribution in [1.82, 2.24) is 0 Å². The maximum absolute atomic E-state index is 10.2. The number of aliphatic hydroxyl groups is 1. The van der Waals surface area contributed by atoms with Gasteiger partial charge in [-0.2, -0.15) is 0 Å². The van der Waals surface area contributed by atoms with Crippen LogP contribution in [0, 0.1) is 52.3 Å². The molecule has 0 heterocycles. The normalized spacial score (nSPS) is 46.8. The fraction of sp³-hybridized carbons (Fsp3) is 0.857. The van der Waals surface area contributed by atoms with Gasteiger partial charge in [0.1, 0.15) is 0 Å². The molecule has 0 spiro atoms. The standard InChI is InChI=1S/C28H46O/c1-18(2)19(3)7-8-20(4)24-11-12-25-23-10-9-21-17-22(29)13-15-27(21,5)26(23)14-16-28(24,25)6/h7-9,18-20,22-26,29H,10-17H2,1-6H3/b8-7+/t19-,20-,22+,23?,24?,25?,26?,27+,28-/m1/s1. The summed E-state index contributed by atoms with van der Waals surface area (Å²) >= 11 is 0. The van der Waals surface area contributed by atoms with E-state index < -0.39 is 0 Å². The van der Waals surface area contributed by atoms with E-state index in [2.05, 4.69) is 59.8 Å². The van der Waals surface area contributed by atoms with Gasteiger partial charge in [-0.1, -0.05) is 65.3 Å². The van der Waals surface area contributed by atoms with Crippen molar-refractivity contribution in [2.24, 2.45) is 52.3 Å². The van der Waals surface area contributed by atoms with Crippen molar-refractivity contribution < 1.29 is 5.11 Å². The molecule has 4 rings (SSSR count). The van der Waals surface area contributed by atoms with Gasteiger partial charge in [0.05, 0.1) is 6.10 Å². The minimum Gasteiger partial charge on any atom is -0.393 e. The average Bonchev–Trinajstić information content (AvgIpc) is 3.03. The van der Waals surface area contributed by atoms with Gasteiger partial charge in [-0.05, 0) is 104 Å². The van der Waals surface area contributed by atoms with E-state index in [1.165, 1.54) is 38.5 Å². The van der Waals surface area contributed by atoms with Gasteiger partial charge in [-0.15, -0.1) is 0 Å². The zero-order valence-electron chi connectivity index (χ0n) is 20.0. The first kappa shape index (κ1) is 21.7. The minimum absolute atomic E-state index is 0.0866. The van der Waals surface area contributed by atoms with Crippen molar-refractivity contribution in [2.75, 3.05) is 0 Å².